The van der Waals surface area contributed by atoms with E-state index < -0.39 is 0 Å². The molecule has 2 aromatic heterocycles. The standard InChI is InChI=1S/C10H12N4O2/c1-16-10(15)6-9(13-4-2-11-7-13)14-5-3-12-8-14/h2-5,7-9H,6H2,1H3. The monoisotopic (exact) mass is 220 g/mol. The maximum atomic E-state index is 11.3. The Morgan fingerprint density at radius 3 is 2.19 bits per heavy atom. The van der Waals surface area contributed by atoms with Crippen molar-refractivity contribution in [1.29, 1.82) is 0 Å². The normalized spacial score (nSPS) is 10.6. The van der Waals surface area contributed by atoms with E-state index in [4.69, 9.17) is 0 Å². The summed E-state index contributed by atoms with van der Waals surface area (Å²) in [5.41, 5.74) is 0. The minimum Gasteiger partial charge on any atom is -0.469 e. The van der Waals surface area contributed by atoms with Crippen LogP contribution in [0.2, 0.25) is 0 Å². The molecule has 6 nitrogen and oxygen atoms in total. The number of nitrogens with zero attached hydrogens (tertiary/aromatic N) is 4. The van der Waals surface area contributed by atoms with E-state index in [0.29, 0.717) is 0 Å². The van der Waals surface area contributed by atoms with Gasteiger partial charge in [0, 0.05) is 24.8 Å². The summed E-state index contributed by atoms with van der Waals surface area (Å²) in [5, 5.41) is 0. The van der Waals surface area contributed by atoms with Gasteiger partial charge >= 0.3 is 5.97 Å². The van der Waals surface area contributed by atoms with E-state index in [1.54, 1.807) is 37.4 Å². The van der Waals surface area contributed by atoms with Crippen molar-refractivity contribution in [2.24, 2.45) is 0 Å². The molecule has 0 amide bonds. The van der Waals surface area contributed by atoms with Gasteiger partial charge in [-0.25, -0.2) is 9.97 Å². The van der Waals surface area contributed by atoms with E-state index in [9.17, 15) is 4.79 Å². The lowest BCUT2D eigenvalue weighted by molar-refractivity contribution is -0.141. The van der Waals surface area contributed by atoms with Crippen LogP contribution >= 0.6 is 0 Å². The average Bonchev–Trinajstić information content (AvgIpc) is 2.97. The third-order valence-electron chi connectivity index (χ3n) is 2.31. The van der Waals surface area contributed by atoms with Gasteiger partial charge in [0.25, 0.3) is 0 Å². The Bertz CT molecular complexity index is 401. The fourth-order valence-corrected chi connectivity index (χ4v) is 1.49. The predicted molar refractivity (Wildman–Crippen MR) is 55.5 cm³/mol. The van der Waals surface area contributed by atoms with Gasteiger partial charge in [0.05, 0.1) is 26.2 Å². The lowest BCUT2D eigenvalue weighted by atomic mass is 10.3. The number of imidazole rings is 2. The second kappa shape index (κ2) is 4.61. The van der Waals surface area contributed by atoms with Crippen LogP contribution < -0.4 is 0 Å². The largest absolute Gasteiger partial charge is 0.469 e. The molecule has 0 unspecified atom stereocenters. The molecule has 0 fully saturated rings. The van der Waals surface area contributed by atoms with Gasteiger partial charge in [0.15, 0.2) is 0 Å². The van der Waals surface area contributed by atoms with Crippen LogP contribution in [-0.4, -0.2) is 32.2 Å². The first-order valence-corrected chi connectivity index (χ1v) is 4.83. The molecule has 6 heteroatoms. The molecule has 0 saturated carbocycles. The Kier molecular flexibility index (Phi) is 3.00. The van der Waals surface area contributed by atoms with Crippen molar-refractivity contribution in [2.45, 2.75) is 12.6 Å². The maximum absolute atomic E-state index is 11.3. The van der Waals surface area contributed by atoms with E-state index in [-0.39, 0.29) is 18.6 Å². The highest BCUT2D eigenvalue weighted by atomic mass is 16.5. The van der Waals surface area contributed by atoms with Crippen molar-refractivity contribution in [3.05, 3.63) is 37.4 Å². The van der Waals surface area contributed by atoms with Gasteiger partial charge in [-0.3, -0.25) is 4.79 Å². The lowest BCUT2D eigenvalue weighted by Crippen LogP contribution is -2.20. The number of methoxy groups -OCH3 is 1. The number of esters is 1. The second-order valence-electron chi connectivity index (χ2n) is 3.28. The van der Waals surface area contributed by atoms with E-state index in [1.807, 2.05) is 9.13 Å². The summed E-state index contributed by atoms with van der Waals surface area (Å²) in [5.74, 6) is -0.271. The highest BCUT2D eigenvalue weighted by molar-refractivity contribution is 5.69. The fraction of sp³-hybridized carbons (Fsp3) is 0.300. The maximum Gasteiger partial charge on any atom is 0.309 e. The second-order valence-corrected chi connectivity index (χ2v) is 3.28. The van der Waals surface area contributed by atoms with Gasteiger partial charge in [-0.05, 0) is 0 Å². The first-order valence-electron chi connectivity index (χ1n) is 4.83. The van der Waals surface area contributed by atoms with Crippen molar-refractivity contribution >= 4 is 5.97 Å². The fourth-order valence-electron chi connectivity index (χ4n) is 1.49. The molecule has 0 aliphatic rings. The van der Waals surface area contributed by atoms with E-state index in [0.717, 1.165) is 0 Å². The summed E-state index contributed by atoms with van der Waals surface area (Å²) in [4.78, 5) is 19.2. The van der Waals surface area contributed by atoms with Gasteiger partial charge in [-0.2, -0.15) is 0 Å². The summed E-state index contributed by atoms with van der Waals surface area (Å²) in [6.45, 7) is 0. The Balaban J connectivity index is 2.24. The first-order chi connectivity index (χ1) is 7.81. The molecular weight excluding hydrogens is 208 g/mol. The summed E-state index contributed by atoms with van der Waals surface area (Å²) in [6.07, 6.45) is 10.3. The molecular formula is C10H12N4O2. The summed E-state index contributed by atoms with van der Waals surface area (Å²) < 4.78 is 8.33. The average molecular weight is 220 g/mol. The summed E-state index contributed by atoms with van der Waals surface area (Å²) in [7, 11) is 1.38. The molecule has 2 aromatic rings. The number of hydrogen-bond donors (Lipinski definition) is 0. The van der Waals surface area contributed by atoms with Crippen molar-refractivity contribution in [2.75, 3.05) is 7.11 Å². The summed E-state index contributed by atoms with van der Waals surface area (Å²) in [6, 6.07) is 0. The van der Waals surface area contributed by atoms with Gasteiger partial charge in [-0.1, -0.05) is 0 Å². The third kappa shape index (κ3) is 2.10. The zero-order chi connectivity index (χ0) is 11.4. The SMILES string of the molecule is COC(=O)CC(n1ccnc1)n1ccnc1. The number of rotatable bonds is 4. The molecule has 0 aliphatic heterocycles. The van der Waals surface area contributed by atoms with E-state index in [2.05, 4.69) is 14.7 Å². The first kappa shape index (κ1) is 10.4. The van der Waals surface area contributed by atoms with Crippen LogP contribution in [0.5, 0.6) is 0 Å². The van der Waals surface area contributed by atoms with E-state index in [1.165, 1.54) is 7.11 Å². The smallest absolute Gasteiger partial charge is 0.309 e. The Morgan fingerprint density at radius 1 is 1.25 bits per heavy atom. The number of carbonyl (C=O) groups excluding carboxylic acids is 1. The van der Waals surface area contributed by atoms with Gasteiger partial charge in [0.1, 0.15) is 6.17 Å². The Hall–Kier alpha value is -2.11. The molecule has 0 radical (unpaired) electrons. The van der Waals surface area contributed by atoms with Crippen molar-refractivity contribution < 1.29 is 9.53 Å². The molecule has 0 spiro atoms. The highest BCUT2D eigenvalue weighted by Crippen LogP contribution is 2.14. The molecule has 0 atom stereocenters. The van der Waals surface area contributed by atoms with Crippen LogP contribution in [0.4, 0.5) is 0 Å². The van der Waals surface area contributed by atoms with Crippen molar-refractivity contribution in [3.63, 3.8) is 0 Å². The van der Waals surface area contributed by atoms with Crippen LogP contribution in [0.3, 0.4) is 0 Å². The van der Waals surface area contributed by atoms with Crippen LogP contribution in [0.1, 0.15) is 12.6 Å². The van der Waals surface area contributed by atoms with Crippen LogP contribution in [0.15, 0.2) is 37.4 Å². The molecule has 2 rings (SSSR count). The van der Waals surface area contributed by atoms with E-state index >= 15 is 0 Å². The minimum absolute atomic E-state index is 0.183. The predicted octanol–water partition coefficient (Wildman–Crippen LogP) is 0.690. The quantitative estimate of drug-likeness (QED) is 0.711. The van der Waals surface area contributed by atoms with Crippen LogP contribution in [0.25, 0.3) is 0 Å². The van der Waals surface area contributed by atoms with Gasteiger partial charge in [0.2, 0.25) is 0 Å². The van der Waals surface area contributed by atoms with Crippen LogP contribution in [-0.2, 0) is 9.53 Å². The van der Waals surface area contributed by atoms with Gasteiger partial charge in [-0.15, -0.1) is 0 Å². The van der Waals surface area contributed by atoms with Crippen molar-refractivity contribution in [1.82, 2.24) is 19.1 Å². The Morgan fingerprint density at radius 2 is 1.81 bits per heavy atom. The molecule has 84 valence electrons. The number of aromatic nitrogens is 4. The molecule has 16 heavy (non-hydrogen) atoms. The molecule has 2 heterocycles. The minimum atomic E-state index is -0.271. The molecule has 0 saturated heterocycles. The molecule has 0 bridgehead atoms. The summed E-state index contributed by atoms with van der Waals surface area (Å²) >= 11 is 0. The number of ether oxygens (including phenoxy) is 1. The highest BCUT2D eigenvalue weighted by Gasteiger charge is 2.16. The third-order valence-corrected chi connectivity index (χ3v) is 2.31. The van der Waals surface area contributed by atoms with Crippen LogP contribution in [0, 0.1) is 0 Å². The lowest BCUT2D eigenvalue weighted by Gasteiger charge is -2.18. The molecule has 0 N–H and O–H groups in total. The zero-order valence-corrected chi connectivity index (χ0v) is 8.85. The van der Waals surface area contributed by atoms with Gasteiger partial charge < -0.3 is 13.9 Å². The molecule has 0 aliphatic carbocycles. The number of hydrogen-bond acceptors (Lipinski definition) is 4. The zero-order valence-electron chi connectivity index (χ0n) is 8.85. The number of carbonyl (C=O) groups is 1. The Labute approximate surface area is 92.5 Å². The van der Waals surface area contributed by atoms with Crippen molar-refractivity contribution in [3.8, 4) is 0 Å². The molecule has 0 aromatic carbocycles. The topological polar surface area (TPSA) is 61.9 Å².